The molecule has 3 amide bonds. The number of nitrogens with one attached hydrogen (secondary N) is 3. The van der Waals surface area contributed by atoms with E-state index in [1.807, 2.05) is 20.8 Å². The van der Waals surface area contributed by atoms with Crippen LogP contribution in [0.1, 0.15) is 47.5 Å². The Hall–Kier alpha value is -2.20. The zero-order valence-corrected chi connectivity index (χ0v) is 17.2. The van der Waals surface area contributed by atoms with Crippen LogP contribution < -0.4 is 21.7 Å². The van der Waals surface area contributed by atoms with Crippen molar-refractivity contribution in [3.8, 4) is 0 Å². The predicted octanol–water partition coefficient (Wildman–Crippen LogP) is -1.04. The number of carboxylic acid groups (broad SMARTS) is 1. The molecule has 0 saturated heterocycles. The summed E-state index contributed by atoms with van der Waals surface area (Å²) in [5, 5.41) is 25.3. The normalized spacial score (nSPS) is 16.4. The number of carboxylic acids is 1. The molecule has 10 heteroatoms. The van der Waals surface area contributed by atoms with Gasteiger partial charge in [0.25, 0.3) is 0 Å². The summed E-state index contributed by atoms with van der Waals surface area (Å²) in [5.74, 6) is -3.25. The van der Waals surface area contributed by atoms with Crippen LogP contribution in [0.5, 0.6) is 0 Å². The average Bonchev–Trinajstić information content (AvgIpc) is 2.61. The Kier molecular flexibility index (Phi) is 11.3. The SMILES string of the molecule is CCC(C)C(NC(=O)C(C)NC(=O)C(N)CC(C)C)C(=O)NC(CO)C(=O)O. The molecule has 0 aliphatic heterocycles. The standard InChI is InChI=1S/C18H34N4O6/c1-6-10(4)14(17(26)21-13(8-23)18(27)28)22-15(24)11(5)20-16(25)12(19)7-9(2)3/h9-14,23H,6-8,19H2,1-5H3,(H,20,25)(H,21,26)(H,22,24)(H,27,28). The predicted molar refractivity (Wildman–Crippen MR) is 103 cm³/mol. The molecule has 0 bridgehead atoms. The minimum absolute atomic E-state index is 0.220. The molecular weight excluding hydrogens is 368 g/mol. The lowest BCUT2D eigenvalue weighted by Gasteiger charge is -2.27. The topological polar surface area (TPSA) is 171 Å². The van der Waals surface area contributed by atoms with Crippen molar-refractivity contribution >= 4 is 23.7 Å². The van der Waals surface area contributed by atoms with Crippen LogP contribution in [-0.4, -0.2) is 64.7 Å². The number of aliphatic carboxylic acids is 1. The second-order valence-corrected chi connectivity index (χ2v) is 7.42. The number of nitrogens with two attached hydrogens (primary N) is 1. The van der Waals surface area contributed by atoms with Crippen LogP contribution in [0.2, 0.25) is 0 Å². The van der Waals surface area contributed by atoms with E-state index in [4.69, 9.17) is 15.9 Å². The maximum atomic E-state index is 12.4. The summed E-state index contributed by atoms with van der Waals surface area (Å²) in [7, 11) is 0. The molecule has 162 valence electrons. The van der Waals surface area contributed by atoms with Gasteiger partial charge in [0.1, 0.15) is 18.1 Å². The third-order valence-electron chi connectivity index (χ3n) is 4.40. The van der Waals surface area contributed by atoms with E-state index in [0.29, 0.717) is 12.8 Å². The number of rotatable bonds is 12. The maximum Gasteiger partial charge on any atom is 0.328 e. The summed E-state index contributed by atoms with van der Waals surface area (Å²) in [6, 6.07) is -4.17. The van der Waals surface area contributed by atoms with Gasteiger partial charge in [0, 0.05) is 0 Å². The fraction of sp³-hybridized carbons (Fsp3) is 0.778. The van der Waals surface area contributed by atoms with Crippen LogP contribution in [0.3, 0.4) is 0 Å². The molecule has 10 nitrogen and oxygen atoms in total. The van der Waals surface area contributed by atoms with E-state index in [0.717, 1.165) is 0 Å². The summed E-state index contributed by atoms with van der Waals surface area (Å²) >= 11 is 0. The van der Waals surface area contributed by atoms with Crippen LogP contribution in [0.25, 0.3) is 0 Å². The molecule has 28 heavy (non-hydrogen) atoms. The van der Waals surface area contributed by atoms with Gasteiger partial charge in [-0.25, -0.2) is 4.79 Å². The number of amides is 3. The van der Waals surface area contributed by atoms with Crippen molar-refractivity contribution in [1.82, 2.24) is 16.0 Å². The van der Waals surface area contributed by atoms with Gasteiger partial charge in [-0.1, -0.05) is 34.1 Å². The lowest BCUT2D eigenvalue weighted by molar-refractivity contribution is -0.143. The molecule has 0 saturated carbocycles. The van der Waals surface area contributed by atoms with Crippen molar-refractivity contribution in [3.05, 3.63) is 0 Å². The first-order chi connectivity index (χ1) is 12.9. The first kappa shape index (κ1) is 25.8. The average molecular weight is 402 g/mol. The van der Waals surface area contributed by atoms with Gasteiger partial charge in [0.2, 0.25) is 17.7 Å². The largest absolute Gasteiger partial charge is 0.480 e. The Labute approximate surface area is 165 Å². The van der Waals surface area contributed by atoms with Gasteiger partial charge in [0.05, 0.1) is 12.6 Å². The van der Waals surface area contributed by atoms with Gasteiger partial charge in [0.15, 0.2) is 0 Å². The molecule has 5 atom stereocenters. The van der Waals surface area contributed by atoms with E-state index in [2.05, 4.69) is 16.0 Å². The van der Waals surface area contributed by atoms with Crippen LogP contribution in [0.15, 0.2) is 0 Å². The second kappa shape index (κ2) is 12.3. The zero-order chi connectivity index (χ0) is 22.0. The van der Waals surface area contributed by atoms with Gasteiger partial charge in [-0.2, -0.15) is 0 Å². The second-order valence-electron chi connectivity index (χ2n) is 7.42. The highest BCUT2D eigenvalue weighted by Crippen LogP contribution is 2.09. The summed E-state index contributed by atoms with van der Waals surface area (Å²) in [4.78, 5) is 47.9. The van der Waals surface area contributed by atoms with Crippen molar-refractivity contribution in [1.29, 1.82) is 0 Å². The molecule has 0 spiro atoms. The fourth-order valence-electron chi connectivity index (χ4n) is 2.43. The van der Waals surface area contributed by atoms with E-state index >= 15 is 0 Å². The lowest BCUT2D eigenvalue weighted by atomic mass is 9.97. The van der Waals surface area contributed by atoms with Gasteiger partial charge in [-0.05, 0) is 25.2 Å². The molecule has 5 unspecified atom stereocenters. The summed E-state index contributed by atoms with van der Waals surface area (Å²) in [6.07, 6.45) is 1.01. The Morgan fingerprint density at radius 2 is 1.50 bits per heavy atom. The van der Waals surface area contributed by atoms with E-state index in [-0.39, 0.29) is 11.8 Å². The highest BCUT2D eigenvalue weighted by molar-refractivity contribution is 5.94. The molecule has 0 aromatic carbocycles. The third-order valence-corrected chi connectivity index (χ3v) is 4.40. The smallest absolute Gasteiger partial charge is 0.328 e. The van der Waals surface area contributed by atoms with Gasteiger partial charge < -0.3 is 31.9 Å². The number of hydrogen-bond donors (Lipinski definition) is 6. The molecule has 0 aliphatic carbocycles. The molecule has 0 fully saturated rings. The Morgan fingerprint density at radius 3 is 1.93 bits per heavy atom. The number of carbonyl (C=O) groups excluding carboxylic acids is 3. The maximum absolute atomic E-state index is 12.4. The molecule has 0 heterocycles. The third kappa shape index (κ3) is 8.66. The molecule has 0 aromatic rings. The number of hydrogen-bond acceptors (Lipinski definition) is 6. The van der Waals surface area contributed by atoms with Gasteiger partial charge in [-0.3, -0.25) is 14.4 Å². The molecular formula is C18H34N4O6. The van der Waals surface area contributed by atoms with Crippen LogP contribution >= 0.6 is 0 Å². The van der Waals surface area contributed by atoms with E-state index in [1.54, 1.807) is 6.92 Å². The lowest BCUT2D eigenvalue weighted by Crippen LogP contribution is -2.58. The number of aliphatic hydroxyl groups is 1. The van der Waals surface area contributed by atoms with Crippen molar-refractivity contribution < 1.29 is 29.4 Å². The van der Waals surface area contributed by atoms with Gasteiger partial charge >= 0.3 is 5.97 Å². The summed E-state index contributed by atoms with van der Waals surface area (Å²) in [5.41, 5.74) is 5.80. The summed E-state index contributed by atoms with van der Waals surface area (Å²) < 4.78 is 0. The van der Waals surface area contributed by atoms with Crippen LogP contribution in [-0.2, 0) is 19.2 Å². The van der Waals surface area contributed by atoms with E-state index in [1.165, 1.54) is 6.92 Å². The fourth-order valence-corrected chi connectivity index (χ4v) is 2.43. The highest BCUT2D eigenvalue weighted by Gasteiger charge is 2.31. The zero-order valence-electron chi connectivity index (χ0n) is 17.2. The molecule has 7 N–H and O–H groups in total. The molecule has 0 aromatic heterocycles. The Balaban J connectivity index is 5.03. The van der Waals surface area contributed by atoms with E-state index in [9.17, 15) is 19.2 Å². The van der Waals surface area contributed by atoms with Crippen LogP contribution in [0.4, 0.5) is 0 Å². The van der Waals surface area contributed by atoms with E-state index < -0.39 is 54.5 Å². The minimum atomic E-state index is -1.47. The van der Waals surface area contributed by atoms with Crippen molar-refractivity contribution in [2.45, 2.75) is 71.6 Å². The van der Waals surface area contributed by atoms with Crippen molar-refractivity contribution in [3.63, 3.8) is 0 Å². The monoisotopic (exact) mass is 402 g/mol. The Morgan fingerprint density at radius 1 is 0.929 bits per heavy atom. The first-order valence-electron chi connectivity index (χ1n) is 9.44. The van der Waals surface area contributed by atoms with Crippen LogP contribution in [0, 0.1) is 11.8 Å². The highest BCUT2D eigenvalue weighted by atomic mass is 16.4. The number of aliphatic hydroxyl groups excluding tert-OH is 1. The molecule has 0 aliphatic rings. The first-order valence-corrected chi connectivity index (χ1v) is 9.44. The Bertz CT molecular complexity index is 554. The minimum Gasteiger partial charge on any atom is -0.480 e. The summed E-state index contributed by atoms with van der Waals surface area (Å²) in [6.45, 7) is 8.08. The number of carbonyl (C=O) groups is 4. The van der Waals surface area contributed by atoms with Gasteiger partial charge in [-0.15, -0.1) is 0 Å². The van der Waals surface area contributed by atoms with Crippen molar-refractivity contribution in [2.24, 2.45) is 17.6 Å². The molecule has 0 rings (SSSR count). The quantitative estimate of drug-likeness (QED) is 0.242. The van der Waals surface area contributed by atoms with Crippen molar-refractivity contribution in [2.75, 3.05) is 6.61 Å². The molecule has 0 radical (unpaired) electrons.